The number of nitrogens with zero attached hydrogens (tertiary/aromatic N) is 1. The summed E-state index contributed by atoms with van der Waals surface area (Å²) >= 11 is 8.72. The SMILES string of the molecule is Cc1csc(NC(=O)C(C)Sc2ccc(NC(=O)Cc3ccc(Cl)cc3)cc2)n1. The zero-order chi connectivity index (χ0) is 20.8. The Morgan fingerprint density at radius 2 is 1.79 bits per heavy atom. The fourth-order valence-electron chi connectivity index (χ4n) is 2.49. The molecule has 0 aliphatic heterocycles. The first-order chi connectivity index (χ1) is 13.9. The zero-order valence-electron chi connectivity index (χ0n) is 15.9. The summed E-state index contributed by atoms with van der Waals surface area (Å²) in [5.74, 6) is -0.191. The Labute approximate surface area is 182 Å². The molecule has 0 spiro atoms. The molecule has 1 aromatic heterocycles. The molecule has 2 aromatic carbocycles. The lowest BCUT2D eigenvalue weighted by Gasteiger charge is -2.11. The molecular weight excluding hydrogens is 426 g/mol. The molecule has 0 saturated heterocycles. The first-order valence-electron chi connectivity index (χ1n) is 8.93. The third-order valence-electron chi connectivity index (χ3n) is 3.95. The van der Waals surface area contributed by atoms with Crippen molar-refractivity contribution < 1.29 is 9.59 Å². The minimum atomic E-state index is -0.274. The summed E-state index contributed by atoms with van der Waals surface area (Å²) in [7, 11) is 0. The highest BCUT2D eigenvalue weighted by Crippen LogP contribution is 2.26. The lowest BCUT2D eigenvalue weighted by atomic mass is 10.1. The van der Waals surface area contributed by atoms with E-state index in [1.54, 1.807) is 12.1 Å². The fourth-order valence-corrected chi connectivity index (χ4v) is 4.17. The lowest BCUT2D eigenvalue weighted by Crippen LogP contribution is -2.22. The van der Waals surface area contributed by atoms with E-state index in [1.165, 1.54) is 23.1 Å². The summed E-state index contributed by atoms with van der Waals surface area (Å²) < 4.78 is 0. The highest BCUT2D eigenvalue weighted by atomic mass is 35.5. The molecule has 0 aliphatic carbocycles. The third-order valence-corrected chi connectivity index (χ3v) is 6.19. The van der Waals surface area contributed by atoms with Gasteiger partial charge in [-0.1, -0.05) is 23.7 Å². The molecule has 2 amide bonds. The van der Waals surface area contributed by atoms with Gasteiger partial charge in [0, 0.05) is 21.0 Å². The lowest BCUT2D eigenvalue weighted by molar-refractivity contribution is -0.116. The number of rotatable bonds is 7. The maximum atomic E-state index is 12.3. The minimum Gasteiger partial charge on any atom is -0.326 e. The molecule has 3 rings (SSSR count). The predicted octanol–water partition coefficient (Wildman–Crippen LogP) is 5.41. The number of halogens is 1. The largest absolute Gasteiger partial charge is 0.326 e. The standard InChI is InChI=1S/C21H20ClN3O2S2/c1-13-12-28-21(23-13)25-20(27)14(2)29-18-9-7-17(8-10-18)24-19(26)11-15-3-5-16(22)6-4-15/h3-10,12,14H,11H2,1-2H3,(H,24,26)(H,23,25,27). The van der Waals surface area contributed by atoms with Crippen molar-refractivity contribution in [1.29, 1.82) is 0 Å². The Hall–Kier alpha value is -2.35. The highest BCUT2D eigenvalue weighted by molar-refractivity contribution is 8.00. The average Bonchev–Trinajstić information content (AvgIpc) is 3.09. The van der Waals surface area contributed by atoms with Gasteiger partial charge in [-0.05, 0) is 55.8 Å². The van der Waals surface area contributed by atoms with Crippen LogP contribution in [-0.4, -0.2) is 22.0 Å². The number of anilines is 2. The van der Waals surface area contributed by atoms with Crippen LogP contribution in [0.3, 0.4) is 0 Å². The second-order valence-electron chi connectivity index (χ2n) is 6.42. The van der Waals surface area contributed by atoms with Crippen molar-refractivity contribution >= 4 is 57.3 Å². The van der Waals surface area contributed by atoms with Gasteiger partial charge in [0.2, 0.25) is 11.8 Å². The Morgan fingerprint density at radius 3 is 2.41 bits per heavy atom. The number of aryl methyl sites for hydroxylation is 1. The normalized spacial score (nSPS) is 11.7. The van der Waals surface area contributed by atoms with Gasteiger partial charge in [-0.2, -0.15) is 0 Å². The second kappa shape index (κ2) is 9.91. The average molecular weight is 446 g/mol. The first-order valence-corrected chi connectivity index (χ1v) is 11.1. The predicted molar refractivity (Wildman–Crippen MR) is 121 cm³/mol. The summed E-state index contributed by atoms with van der Waals surface area (Å²) in [6.45, 7) is 3.74. The van der Waals surface area contributed by atoms with Crippen LogP contribution in [0.1, 0.15) is 18.2 Å². The minimum absolute atomic E-state index is 0.0929. The fraction of sp³-hybridized carbons (Fsp3) is 0.190. The van der Waals surface area contributed by atoms with Crippen molar-refractivity contribution in [3.05, 3.63) is 70.2 Å². The number of carbonyl (C=O) groups is 2. The van der Waals surface area contributed by atoms with Crippen LogP contribution in [0.25, 0.3) is 0 Å². The van der Waals surface area contributed by atoms with Crippen LogP contribution in [0.15, 0.2) is 58.8 Å². The van der Waals surface area contributed by atoms with Crippen molar-refractivity contribution in [2.75, 3.05) is 10.6 Å². The summed E-state index contributed by atoms with van der Waals surface area (Å²) in [5.41, 5.74) is 2.50. The number of amides is 2. The van der Waals surface area contributed by atoms with Crippen LogP contribution in [-0.2, 0) is 16.0 Å². The number of nitrogens with one attached hydrogen (secondary N) is 2. The van der Waals surface area contributed by atoms with Crippen molar-refractivity contribution in [3.8, 4) is 0 Å². The molecule has 5 nitrogen and oxygen atoms in total. The molecule has 3 aromatic rings. The topological polar surface area (TPSA) is 71.1 Å². The summed E-state index contributed by atoms with van der Waals surface area (Å²) in [4.78, 5) is 29.7. The van der Waals surface area contributed by atoms with Crippen molar-refractivity contribution in [3.63, 3.8) is 0 Å². The van der Waals surface area contributed by atoms with Gasteiger partial charge in [-0.25, -0.2) is 4.98 Å². The Balaban J connectivity index is 1.50. The number of aromatic nitrogens is 1. The smallest absolute Gasteiger partial charge is 0.239 e. The number of carbonyl (C=O) groups excluding carboxylic acids is 2. The maximum Gasteiger partial charge on any atom is 0.239 e. The van der Waals surface area contributed by atoms with E-state index in [0.717, 1.165) is 16.2 Å². The maximum absolute atomic E-state index is 12.3. The molecule has 29 heavy (non-hydrogen) atoms. The van der Waals surface area contributed by atoms with E-state index in [1.807, 2.05) is 55.6 Å². The van der Waals surface area contributed by atoms with Crippen LogP contribution in [0.5, 0.6) is 0 Å². The van der Waals surface area contributed by atoms with Crippen molar-refractivity contribution in [2.45, 2.75) is 30.4 Å². The van der Waals surface area contributed by atoms with Gasteiger partial charge in [0.1, 0.15) is 0 Å². The van der Waals surface area contributed by atoms with Crippen molar-refractivity contribution in [1.82, 2.24) is 4.98 Å². The number of hydrogen-bond acceptors (Lipinski definition) is 5. The zero-order valence-corrected chi connectivity index (χ0v) is 18.3. The van der Waals surface area contributed by atoms with E-state index in [0.29, 0.717) is 15.8 Å². The molecule has 1 unspecified atom stereocenters. The van der Waals surface area contributed by atoms with Gasteiger partial charge >= 0.3 is 0 Å². The Kier molecular flexibility index (Phi) is 7.30. The molecule has 1 heterocycles. The second-order valence-corrected chi connectivity index (χ2v) is 9.13. The van der Waals surface area contributed by atoms with E-state index in [9.17, 15) is 9.59 Å². The number of thioether (sulfide) groups is 1. The quantitative estimate of drug-likeness (QED) is 0.477. The van der Waals surface area contributed by atoms with Crippen LogP contribution in [0.4, 0.5) is 10.8 Å². The monoisotopic (exact) mass is 445 g/mol. The van der Waals surface area contributed by atoms with E-state index in [-0.39, 0.29) is 23.5 Å². The van der Waals surface area contributed by atoms with Crippen LogP contribution in [0.2, 0.25) is 5.02 Å². The molecule has 0 fully saturated rings. The number of benzene rings is 2. The molecule has 1 atom stereocenters. The summed E-state index contributed by atoms with van der Waals surface area (Å²) in [6.07, 6.45) is 0.279. The molecular formula is C21H20ClN3O2S2. The summed E-state index contributed by atoms with van der Waals surface area (Å²) in [5, 5.41) is 8.58. The van der Waals surface area contributed by atoms with E-state index in [2.05, 4.69) is 15.6 Å². The molecule has 0 radical (unpaired) electrons. The van der Waals surface area contributed by atoms with Gasteiger partial charge in [0.25, 0.3) is 0 Å². The van der Waals surface area contributed by atoms with E-state index < -0.39 is 0 Å². The number of thiazole rings is 1. The Bertz CT molecular complexity index is 988. The van der Waals surface area contributed by atoms with Crippen molar-refractivity contribution in [2.24, 2.45) is 0 Å². The van der Waals surface area contributed by atoms with Gasteiger partial charge in [-0.3, -0.25) is 9.59 Å². The van der Waals surface area contributed by atoms with E-state index >= 15 is 0 Å². The molecule has 150 valence electrons. The highest BCUT2D eigenvalue weighted by Gasteiger charge is 2.16. The summed E-state index contributed by atoms with van der Waals surface area (Å²) in [6, 6.07) is 14.6. The third kappa shape index (κ3) is 6.59. The Morgan fingerprint density at radius 1 is 1.10 bits per heavy atom. The van der Waals surface area contributed by atoms with Crippen LogP contribution in [0, 0.1) is 6.92 Å². The van der Waals surface area contributed by atoms with Crippen LogP contribution < -0.4 is 10.6 Å². The molecule has 0 aliphatic rings. The van der Waals surface area contributed by atoms with Gasteiger partial charge in [0.15, 0.2) is 5.13 Å². The van der Waals surface area contributed by atoms with Crippen LogP contribution >= 0.6 is 34.7 Å². The first kappa shape index (κ1) is 21.4. The number of hydrogen-bond donors (Lipinski definition) is 2. The van der Waals surface area contributed by atoms with E-state index in [4.69, 9.17) is 11.6 Å². The molecule has 8 heteroatoms. The molecule has 0 bridgehead atoms. The van der Waals surface area contributed by atoms with Gasteiger partial charge in [-0.15, -0.1) is 23.1 Å². The molecule has 2 N–H and O–H groups in total. The van der Waals surface area contributed by atoms with Gasteiger partial charge in [0.05, 0.1) is 17.4 Å². The van der Waals surface area contributed by atoms with Gasteiger partial charge < -0.3 is 10.6 Å². The molecule has 0 saturated carbocycles.